The molecule has 2 aromatic carbocycles. The molecule has 0 bridgehead atoms. The number of piperidine rings is 2. The molecule has 0 radical (unpaired) electrons. The molecule has 6 aromatic heterocycles. The average molecular weight is 1170 g/mol. The molecule has 2 saturated heterocycles. The van der Waals surface area contributed by atoms with Crippen molar-refractivity contribution in [2.75, 3.05) is 49.2 Å². The van der Waals surface area contributed by atoms with Crippen molar-refractivity contribution in [1.82, 2.24) is 48.6 Å². The molecule has 408 valence electrons. The number of hydrogen-bond acceptors (Lipinski definition) is 10. The number of rotatable bonds is 16. The number of fused-ring (bicyclic) bond motifs is 4. The van der Waals surface area contributed by atoms with Crippen molar-refractivity contribution in [1.29, 1.82) is 0 Å². The van der Waals surface area contributed by atoms with Crippen LogP contribution in [0.1, 0.15) is 71.9 Å². The second-order valence-electron chi connectivity index (χ2n) is 24.7. The maximum absolute atomic E-state index is 6.96. The van der Waals surface area contributed by atoms with Gasteiger partial charge in [0.15, 0.2) is 22.9 Å². The molecule has 0 amide bonds. The quantitative estimate of drug-likeness (QED) is 0.0683. The van der Waals surface area contributed by atoms with Crippen LogP contribution in [0.15, 0.2) is 53.7 Å². The Morgan fingerprint density at radius 2 is 0.987 bits per heavy atom. The van der Waals surface area contributed by atoms with Gasteiger partial charge in [0.05, 0.1) is 26.8 Å². The summed E-state index contributed by atoms with van der Waals surface area (Å²) in [5.41, 5.74) is 10.7. The van der Waals surface area contributed by atoms with Gasteiger partial charge in [0.2, 0.25) is 0 Å². The molecule has 19 heteroatoms. The van der Waals surface area contributed by atoms with Crippen LogP contribution in [0.25, 0.3) is 66.4 Å². The van der Waals surface area contributed by atoms with Gasteiger partial charge in [-0.2, -0.15) is 10.2 Å². The van der Waals surface area contributed by atoms with Gasteiger partial charge in [0.1, 0.15) is 29.1 Å². The molecule has 14 nitrogen and oxygen atoms in total. The summed E-state index contributed by atoms with van der Waals surface area (Å²) in [7, 11) is 1.47. The molecule has 10 rings (SSSR count). The fraction of sp³-hybridized carbons (Fsp3) is 0.544. The first-order valence-electron chi connectivity index (χ1n) is 27.3. The Kier molecular flexibility index (Phi) is 16.6. The van der Waals surface area contributed by atoms with Crippen molar-refractivity contribution in [2.45, 2.75) is 138 Å². The second kappa shape index (κ2) is 22.4. The van der Waals surface area contributed by atoms with Crippen molar-refractivity contribution in [3.8, 4) is 22.3 Å². The second-order valence-corrected chi connectivity index (χ2v) is 37.4. The highest BCUT2D eigenvalue weighted by molar-refractivity contribution is 9.10. The van der Waals surface area contributed by atoms with E-state index in [1.807, 2.05) is 50.8 Å². The Morgan fingerprint density at radius 1 is 0.579 bits per heavy atom. The summed E-state index contributed by atoms with van der Waals surface area (Å²) in [4.78, 5) is 25.4. The summed E-state index contributed by atoms with van der Waals surface area (Å²) in [6.07, 6.45) is 15.2. The molecule has 0 saturated carbocycles. The lowest BCUT2D eigenvalue weighted by Gasteiger charge is -2.39. The van der Waals surface area contributed by atoms with Gasteiger partial charge in [0.25, 0.3) is 0 Å². The molecule has 0 atom stereocenters. The zero-order chi connectivity index (χ0) is 54.5. The lowest BCUT2D eigenvalue weighted by molar-refractivity contribution is 0.0898. The summed E-state index contributed by atoms with van der Waals surface area (Å²) in [6.45, 7) is 32.0. The van der Waals surface area contributed by atoms with E-state index in [1.165, 1.54) is 25.7 Å². The van der Waals surface area contributed by atoms with Gasteiger partial charge in [-0.1, -0.05) is 115 Å². The van der Waals surface area contributed by atoms with Crippen molar-refractivity contribution < 1.29 is 9.47 Å². The Bertz CT molecular complexity index is 3150. The van der Waals surface area contributed by atoms with E-state index in [0.29, 0.717) is 34.3 Å². The maximum Gasteiger partial charge on any atom is 0.164 e. The molecule has 0 spiro atoms. The monoisotopic (exact) mass is 1170 g/mol. The minimum atomic E-state index is -1.18. The molecule has 0 unspecified atom stereocenters. The normalized spacial score (nSPS) is 16.2. The number of hydrogen-bond donors (Lipinski definition) is 0. The lowest BCUT2D eigenvalue weighted by Crippen LogP contribution is -2.39. The third kappa shape index (κ3) is 12.3. The Hall–Kier alpha value is -4.37. The standard InChI is InChI=1S/C29H41ClN6OSi.C28H38BrClN6OSi/c1-8-29(3)11-13-35(14-12-29)27-20(2)31-26-22(21-9-10-24-23(25(21)30)17-34(4)33-24)18-36(28(26)32-27)19-37-15-16-38(5,6)7;1-7-28(2)10-12-35(13-11-28)27-25(29)31-24-20(19-8-9-22-21(23(19)30)16-34(3)33-22)17-36(26(24)32-27)18-37-14-15-38(4,5)6/h9-10,17-18H,8,11-16,19H2,1-7H3;8-9,16-17H,7,10-15,18H2,1-6H3. The van der Waals surface area contributed by atoms with Gasteiger partial charge < -0.3 is 28.4 Å². The highest BCUT2D eigenvalue weighted by Gasteiger charge is 2.33. The maximum atomic E-state index is 6.96. The van der Waals surface area contributed by atoms with E-state index >= 15 is 0 Å². The van der Waals surface area contributed by atoms with E-state index in [9.17, 15) is 0 Å². The molecule has 76 heavy (non-hydrogen) atoms. The Morgan fingerprint density at radius 3 is 1.41 bits per heavy atom. The van der Waals surface area contributed by atoms with E-state index in [1.54, 1.807) is 9.36 Å². The van der Waals surface area contributed by atoms with E-state index in [2.05, 4.69) is 131 Å². The van der Waals surface area contributed by atoms with Crippen LogP contribution in [0, 0.1) is 17.8 Å². The molecular formula is C57H79BrCl2N12O2Si2. The summed E-state index contributed by atoms with van der Waals surface area (Å²) in [6, 6.07) is 10.4. The predicted octanol–water partition coefficient (Wildman–Crippen LogP) is 15.0. The Balaban J connectivity index is 0.000000186. The number of benzene rings is 2. The van der Waals surface area contributed by atoms with Crippen LogP contribution < -0.4 is 9.80 Å². The van der Waals surface area contributed by atoms with E-state index in [4.69, 9.17) is 52.6 Å². The van der Waals surface area contributed by atoms with Gasteiger partial charge in [-0.05, 0) is 83.6 Å². The fourth-order valence-corrected chi connectivity index (χ4v) is 13.0. The first-order chi connectivity index (χ1) is 36.0. The third-order valence-corrected chi connectivity index (χ3v) is 21.0. The van der Waals surface area contributed by atoms with Crippen molar-refractivity contribution in [2.24, 2.45) is 24.9 Å². The molecule has 8 aromatic rings. The van der Waals surface area contributed by atoms with Gasteiger partial charge in [-0.3, -0.25) is 9.36 Å². The molecule has 2 aliphatic rings. The zero-order valence-corrected chi connectivity index (χ0v) is 52.3. The van der Waals surface area contributed by atoms with Crippen LogP contribution in [-0.2, 0) is 37.0 Å². The first kappa shape index (κ1) is 56.4. The van der Waals surface area contributed by atoms with Crippen molar-refractivity contribution in [3.05, 3.63) is 69.4 Å². The predicted molar refractivity (Wildman–Crippen MR) is 325 cm³/mol. The molecule has 8 heterocycles. The third-order valence-electron chi connectivity index (χ3n) is 16.2. The molecule has 2 aliphatic heterocycles. The van der Waals surface area contributed by atoms with Gasteiger partial charge in [0, 0.05) is 127 Å². The van der Waals surface area contributed by atoms with E-state index in [0.717, 1.165) is 153 Å². The highest BCUT2D eigenvalue weighted by Crippen LogP contribution is 2.43. The summed E-state index contributed by atoms with van der Waals surface area (Å²) >= 11 is 17.7. The minimum Gasteiger partial charge on any atom is -0.361 e. The number of halogens is 3. The Labute approximate surface area is 470 Å². The SMILES string of the molecule is CCC1(C)CCN(c2nc3c(nc2Br)c(-c2ccc4nn(C)cc4c2Cl)cn3COCC[Si](C)(C)C)CC1.CCC1(C)CCN(c2nc3c(nc2C)c(-c2ccc4nn(C)cc4c2Cl)cn3COCC[Si](C)(C)C)CC1. The highest BCUT2D eigenvalue weighted by atomic mass is 79.9. The van der Waals surface area contributed by atoms with Crippen LogP contribution in [0.4, 0.5) is 11.6 Å². The van der Waals surface area contributed by atoms with Crippen LogP contribution in [0.3, 0.4) is 0 Å². The van der Waals surface area contributed by atoms with Crippen LogP contribution >= 0.6 is 39.1 Å². The number of aromatic nitrogens is 10. The number of nitrogens with zero attached hydrogens (tertiary/aromatic N) is 12. The van der Waals surface area contributed by atoms with Crippen molar-refractivity contribution in [3.63, 3.8) is 0 Å². The van der Waals surface area contributed by atoms with E-state index < -0.39 is 16.1 Å². The first-order valence-corrected chi connectivity index (χ1v) is 36.3. The fourth-order valence-electron chi connectivity index (χ4n) is 10.4. The van der Waals surface area contributed by atoms with Gasteiger partial charge in [-0.25, -0.2) is 19.9 Å². The van der Waals surface area contributed by atoms with Gasteiger partial charge in [-0.15, -0.1) is 0 Å². The largest absolute Gasteiger partial charge is 0.361 e. The smallest absolute Gasteiger partial charge is 0.164 e. The lowest BCUT2D eigenvalue weighted by atomic mass is 9.78. The van der Waals surface area contributed by atoms with Crippen molar-refractivity contribution >= 4 is 111 Å². The number of anilines is 2. The van der Waals surface area contributed by atoms with E-state index in [-0.39, 0.29) is 0 Å². The van der Waals surface area contributed by atoms with Crippen LogP contribution in [0.2, 0.25) is 61.4 Å². The van der Waals surface area contributed by atoms with Gasteiger partial charge >= 0.3 is 0 Å². The number of aryl methyl sites for hydroxylation is 3. The number of ether oxygens (including phenoxy) is 2. The molecule has 2 fully saturated rings. The van der Waals surface area contributed by atoms with Crippen LogP contribution in [-0.4, -0.2) is 104 Å². The average Bonchev–Trinajstić information content (AvgIpc) is 4.14. The summed E-state index contributed by atoms with van der Waals surface area (Å²) < 4.78 is 20.9. The molecule has 0 N–H and O–H groups in total. The minimum absolute atomic E-state index is 0.403. The summed E-state index contributed by atoms with van der Waals surface area (Å²) in [5.74, 6) is 1.88. The molecular weight excluding hydrogens is 1090 g/mol. The topological polar surface area (TPSA) is 122 Å². The van der Waals surface area contributed by atoms with Crippen LogP contribution in [0.5, 0.6) is 0 Å². The summed E-state index contributed by atoms with van der Waals surface area (Å²) in [5, 5.41) is 12.2. The zero-order valence-electron chi connectivity index (χ0n) is 47.2. The molecule has 0 aliphatic carbocycles.